The molecule has 8 heteroatoms. The maximum Gasteiger partial charge on any atom is 0.256 e. The molecular formula is C16H22N6O2. The van der Waals surface area contributed by atoms with Crippen LogP contribution in [0.4, 0.5) is 0 Å². The zero-order valence-corrected chi connectivity index (χ0v) is 14.0. The Kier molecular flexibility index (Phi) is 4.53. The van der Waals surface area contributed by atoms with E-state index in [1.54, 1.807) is 7.05 Å². The lowest BCUT2D eigenvalue weighted by atomic mass is 9.97. The lowest BCUT2D eigenvalue weighted by molar-refractivity contribution is -0.142. The van der Waals surface area contributed by atoms with Crippen molar-refractivity contribution in [3.63, 3.8) is 0 Å². The van der Waals surface area contributed by atoms with Gasteiger partial charge < -0.3 is 10.2 Å². The first-order valence-electron chi connectivity index (χ1n) is 8.31. The predicted molar refractivity (Wildman–Crippen MR) is 86.0 cm³/mol. The van der Waals surface area contributed by atoms with Crippen LogP contribution in [0.25, 0.3) is 0 Å². The molecule has 128 valence electrons. The highest BCUT2D eigenvalue weighted by molar-refractivity contribution is 5.96. The first-order valence-corrected chi connectivity index (χ1v) is 8.31. The summed E-state index contributed by atoms with van der Waals surface area (Å²) in [4.78, 5) is 28.7. The van der Waals surface area contributed by atoms with Gasteiger partial charge in [0.25, 0.3) is 5.91 Å². The normalized spacial score (nSPS) is 22.1. The number of nitrogens with zero attached hydrogens (tertiary/aromatic N) is 5. The van der Waals surface area contributed by atoms with Crippen LogP contribution in [0, 0.1) is 11.3 Å². The van der Waals surface area contributed by atoms with Crippen molar-refractivity contribution >= 4 is 11.8 Å². The average Bonchev–Trinajstić information content (AvgIpc) is 2.92. The van der Waals surface area contributed by atoms with E-state index in [0.717, 1.165) is 25.9 Å². The highest BCUT2D eigenvalue weighted by Crippen LogP contribution is 2.22. The van der Waals surface area contributed by atoms with Crippen LogP contribution in [0.5, 0.6) is 0 Å². The highest BCUT2D eigenvalue weighted by Gasteiger charge is 2.39. The Bertz CT molecular complexity index is 685. The number of amides is 2. The molecule has 3 rings (SSSR count). The van der Waals surface area contributed by atoms with Crippen molar-refractivity contribution < 1.29 is 9.59 Å². The molecule has 2 amide bonds. The SMILES string of the molecule is CCN1CCCC(N2CC(NC(=O)c3cnn(C)c3C#N)C2)C1=O. The zero-order chi connectivity index (χ0) is 17.3. The van der Waals surface area contributed by atoms with Gasteiger partial charge in [0, 0.05) is 33.2 Å². The Morgan fingerprint density at radius 1 is 1.50 bits per heavy atom. The van der Waals surface area contributed by atoms with E-state index in [0.29, 0.717) is 18.7 Å². The smallest absolute Gasteiger partial charge is 0.256 e. The number of aromatic nitrogens is 2. The second-order valence-electron chi connectivity index (χ2n) is 6.34. The number of rotatable bonds is 4. The Morgan fingerprint density at radius 2 is 2.25 bits per heavy atom. The maximum absolute atomic E-state index is 12.4. The first-order chi connectivity index (χ1) is 11.5. The van der Waals surface area contributed by atoms with Gasteiger partial charge in [0.1, 0.15) is 6.07 Å². The minimum Gasteiger partial charge on any atom is -0.347 e. The first kappa shape index (κ1) is 16.5. The number of nitriles is 1. The quantitative estimate of drug-likeness (QED) is 0.819. The summed E-state index contributed by atoms with van der Waals surface area (Å²) in [5.74, 6) is -0.0815. The molecule has 0 aromatic carbocycles. The van der Waals surface area contributed by atoms with Gasteiger partial charge in [-0.15, -0.1) is 0 Å². The summed E-state index contributed by atoms with van der Waals surface area (Å²) < 4.78 is 1.39. The fourth-order valence-corrected chi connectivity index (χ4v) is 3.43. The van der Waals surface area contributed by atoms with Gasteiger partial charge in [-0.2, -0.15) is 10.4 Å². The van der Waals surface area contributed by atoms with Gasteiger partial charge in [-0.05, 0) is 19.8 Å². The monoisotopic (exact) mass is 330 g/mol. The van der Waals surface area contributed by atoms with E-state index in [1.807, 2.05) is 17.9 Å². The van der Waals surface area contributed by atoms with Crippen molar-refractivity contribution in [2.75, 3.05) is 26.2 Å². The molecule has 0 radical (unpaired) electrons. The average molecular weight is 330 g/mol. The van der Waals surface area contributed by atoms with Gasteiger partial charge in [0.2, 0.25) is 5.91 Å². The van der Waals surface area contributed by atoms with E-state index < -0.39 is 0 Å². The number of hydrogen-bond donors (Lipinski definition) is 1. The van der Waals surface area contributed by atoms with Gasteiger partial charge in [-0.1, -0.05) is 0 Å². The summed E-state index contributed by atoms with van der Waals surface area (Å²) in [7, 11) is 1.63. The third-order valence-corrected chi connectivity index (χ3v) is 4.86. The molecule has 0 saturated carbocycles. The molecule has 1 atom stereocenters. The van der Waals surface area contributed by atoms with Gasteiger partial charge in [0.15, 0.2) is 5.69 Å². The minimum atomic E-state index is -0.283. The molecular weight excluding hydrogens is 308 g/mol. The van der Waals surface area contributed by atoms with Crippen LogP contribution in [-0.4, -0.2) is 69.7 Å². The number of likely N-dealkylation sites (N-methyl/N-ethyl adjacent to an activating group) is 1. The molecule has 1 N–H and O–H groups in total. The number of likely N-dealkylation sites (tertiary alicyclic amines) is 2. The molecule has 2 saturated heterocycles. The lowest BCUT2D eigenvalue weighted by Crippen LogP contribution is -2.66. The minimum absolute atomic E-state index is 0.00838. The van der Waals surface area contributed by atoms with Crippen LogP contribution >= 0.6 is 0 Å². The summed E-state index contributed by atoms with van der Waals surface area (Å²) in [6.07, 6.45) is 3.32. The Balaban J connectivity index is 1.55. The van der Waals surface area contributed by atoms with Crippen molar-refractivity contribution in [2.45, 2.75) is 31.8 Å². The van der Waals surface area contributed by atoms with Crippen LogP contribution in [0.15, 0.2) is 6.20 Å². The third kappa shape index (κ3) is 2.87. The molecule has 2 aliphatic heterocycles. The summed E-state index contributed by atoms with van der Waals surface area (Å²) >= 11 is 0. The molecule has 8 nitrogen and oxygen atoms in total. The number of nitrogens with one attached hydrogen (secondary N) is 1. The van der Waals surface area contributed by atoms with Crippen molar-refractivity contribution in [1.82, 2.24) is 24.9 Å². The van der Waals surface area contributed by atoms with Crippen molar-refractivity contribution in [3.05, 3.63) is 17.5 Å². The van der Waals surface area contributed by atoms with Gasteiger partial charge in [-0.25, -0.2) is 0 Å². The second kappa shape index (κ2) is 6.61. The second-order valence-corrected chi connectivity index (χ2v) is 6.34. The summed E-state index contributed by atoms with van der Waals surface area (Å²) in [5.41, 5.74) is 0.550. The topological polar surface area (TPSA) is 94.3 Å². The number of hydrogen-bond acceptors (Lipinski definition) is 5. The molecule has 2 fully saturated rings. The van der Waals surface area contributed by atoms with Gasteiger partial charge in [0.05, 0.1) is 23.8 Å². The van der Waals surface area contributed by atoms with Gasteiger partial charge >= 0.3 is 0 Å². The van der Waals surface area contributed by atoms with Crippen LogP contribution < -0.4 is 5.32 Å². The van der Waals surface area contributed by atoms with Crippen LogP contribution in [0.2, 0.25) is 0 Å². The van der Waals surface area contributed by atoms with Crippen LogP contribution in [-0.2, 0) is 11.8 Å². The third-order valence-electron chi connectivity index (χ3n) is 4.86. The van der Waals surface area contributed by atoms with E-state index in [-0.39, 0.29) is 29.6 Å². The summed E-state index contributed by atoms with van der Waals surface area (Å²) in [6, 6.07) is 1.94. The summed E-state index contributed by atoms with van der Waals surface area (Å²) in [6.45, 7) is 4.93. The fraction of sp³-hybridized carbons (Fsp3) is 0.625. The Morgan fingerprint density at radius 3 is 2.92 bits per heavy atom. The Labute approximate surface area is 141 Å². The van der Waals surface area contributed by atoms with Crippen molar-refractivity contribution in [1.29, 1.82) is 5.26 Å². The molecule has 1 aromatic rings. The molecule has 0 spiro atoms. The maximum atomic E-state index is 12.4. The van der Waals surface area contributed by atoms with Crippen LogP contribution in [0.3, 0.4) is 0 Å². The van der Waals surface area contributed by atoms with E-state index in [2.05, 4.69) is 15.3 Å². The van der Waals surface area contributed by atoms with Gasteiger partial charge in [-0.3, -0.25) is 19.2 Å². The van der Waals surface area contributed by atoms with E-state index in [4.69, 9.17) is 5.26 Å². The van der Waals surface area contributed by atoms with E-state index in [9.17, 15) is 9.59 Å². The molecule has 2 aliphatic rings. The molecule has 1 unspecified atom stereocenters. The fourth-order valence-electron chi connectivity index (χ4n) is 3.43. The lowest BCUT2D eigenvalue weighted by Gasteiger charge is -2.46. The highest BCUT2D eigenvalue weighted by atomic mass is 16.2. The molecule has 0 aliphatic carbocycles. The zero-order valence-electron chi connectivity index (χ0n) is 14.0. The largest absolute Gasteiger partial charge is 0.347 e. The molecule has 3 heterocycles. The summed E-state index contributed by atoms with van der Waals surface area (Å²) in [5, 5.41) is 16.0. The van der Waals surface area contributed by atoms with E-state index in [1.165, 1.54) is 10.9 Å². The molecule has 0 bridgehead atoms. The number of aryl methyl sites for hydroxylation is 1. The predicted octanol–water partition coefficient (Wildman–Crippen LogP) is -0.283. The number of carbonyl (C=O) groups excluding carboxylic acids is 2. The van der Waals surface area contributed by atoms with Crippen LogP contribution in [0.1, 0.15) is 35.8 Å². The van der Waals surface area contributed by atoms with E-state index >= 15 is 0 Å². The van der Waals surface area contributed by atoms with Crippen molar-refractivity contribution in [3.8, 4) is 6.07 Å². The number of piperidine rings is 1. The standard InChI is InChI=1S/C16H22N6O2/c1-3-21-6-4-5-13(16(21)24)22-9-11(10-22)19-15(23)12-8-18-20(2)14(12)7-17/h8,11,13H,3-6,9-10H2,1-2H3,(H,19,23). The molecule has 1 aromatic heterocycles. The molecule has 24 heavy (non-hydrogen) atoms. The van der Waals surface area contributed by atoms with Crippen molar-refractivity contribution in [2.24, 2.45) is 7.05 Å². The Hall–Kier alpha value is -2.40. The number of carbonyl (C=O) groups is 2.